The Morgan fingerprint density at radius 1 is 1.56 bits per heavy atom. The standard InChI is InChI=1S/C10H13BrFNO4S/c1-17-6-7(5-14)13-18(15,16)8-2-3-9(11)10(12)4-8/h2-4,7,13-14H,5-6H2,1H3. The van der Waals surface area contributed by atoms with Gasteiger partial charge in [0.15, 0.2) is 0 Å². The monoisotopic (exact) mass is 341 g/mol. The van der Waals surface area contributed by atoms with E-state index >= 15 is 0 Å². The second-order valence-electron chi connectivity index (χ2n) is 3.53. The number of methoxy groups -OCH3 is 1. The molecule has 102 valence electrons. The number of rotatable bonds is 6. The first-order valence-corrected chi connectivity index (χ1v) is 7.25. The van der Waals surface area contributed by atoms with E-state index in [1.54, 1.807) is 0 Å². The highest BCUT2D eigenvalue weighted by Crippen LogP contribution is 2.19. The molecule has 0 fully saturated rings. The molecule has 0 amide bonds. The molecule has 1 rings (SSSR count). The van der Waals surface area contributed by atoms with E-state index in [-0.39, 0.29) is 16.0 Å². The van der Waals surface area contributed by atoms with Gasteiger partial charge in [0.1, 0.15) is 5.82 Å². The van der Waals surface area contributed by atoms with Crippen molar-refractivity contribution in [3.8, 4) is 0 Å². The molecule has 0 saturated carbocycles. The Labute approximate surface area is 113 Å². The van der Waals surface area contributed by atoms with Crippen molar-refractivity contribution in [3.05, 3.63) is 28.5 Å². The van der Waals surface area contributed by atoms with Gasteiger partial charge in [-0.25, -0.2) is 17.5 Å². The second kappa shape index (κ2) is 6.58. The summed E-state index contributed by atoms with van der Waals surface area (Å²) in [6.45, 7) is -0.388. The molecule has 1 atom stereocenters. The summed E-state index contributed by atoms with van der Waals surface area (Å²) in [7, 11) is -2.50. The van der Waals surface area contributed by atoms with Gasteiger partial charge in [0.05, 0.1) is 28.6 Å². The van der Waals surface area contributed by atoms with Crippen molar-refractivity contribution in [2.24, 2.45) is 0 Å². The summed E-state index contributed by atoms with van der Waals surface area (Å²) in [5.74, 6) is -0.676. The molecule has 2 N–H and O–H groups in total. The van der Waals surface area contributed by atoms with Crippen LogP contribution in [0.2, 0.25) is 0 Å². The smallest absolute Gasteiger partial charge is 0.241 e. The zero-order valence-electron chi connectivity index (χ0n) is 9.56. The summed E-state index contributed by atoms with van der Waals surface area (Å²) in [5, 5.41) is 8.98. The normalized spacial score (nSPS) is 13.6. The third kappa shape index (κ3) is 3.99. The fraction of sp³-hybridized carbons (Fsp3) is 0.400. The molecule has 5 nitrogen and oxygen atoms in total. The number of nitrogens with one attached hydrogen (secondary N) is 1. The molecule has 0 aliphatic heterocycles. The molecule has 8 heteroatoms. The SMILES string of the molecule is COCC(CO)NS(=O)(=O)c1ccc(Br)c(F)c1. The van der Waals surface area contributed by atoms with Crippen molar-refractivity contribution in [2.75, 3.05) is 20.3 Å². The lowest BCUT2D eigenvalue weighted by Crippen LogP contribution is -2.40. The van der Waals surface area contributed by atoms with Crippen LogP contribution in [0, 0.1) is 5.82 Å². The minimum Gasteiger partial charge on any atom is -0.395 e. The number of hydrogen-bond acceptors (Lipinski definition) is 4. The fourth-order valence-electron chi connectivity index (χ4n) is 1.26. The topological polar surface area (TPSA) is 75.6 Å². The number of ether oxygens (including phenoxy) is 1. The van der Waals surface area contributed by atoms with Gasteiger partial charge in [-0.15, -0.1) is 0 Å². The molecule has 0 radical (unpaired) electrons. The first-order chi connectivity index (χ1) is 8.40. The van der Waals surface area contributed by atoms with Gasteiger partial charge < -0.3 is 9.84 Å². The maximum atomic E-state index is 13.3. The number of sulfonamides is 1. The number of halogens is 2. The first-order valence-electron chi connectivity index (χ1n) is 4.98. The Morgan fingerprint density at radius 2 is 2.22 bits per heavy atom. The average Bonchev–Trinajstić information content (AvgIpc) is 2.31. The molecule has 1 aromatic rings. The van der Waals surface area contributed by atoms with E-state index in [4.69, 9.17) is 9.84 Å². The van der Waals surface area contributed by atoms with E-state index in [9.17, 15) is 12.8 Å². The Hall–Kier alpha value is -0.540. The molecule has 0 saturated heterocycles. The van der Waals surface area contributed by atoms with Crippen LogP contribution in [0.1, 0.15) is 0 Å². The molecule has 1 unspecified atom stereocenters. The predicted molar refractivity (Wildman–Crippen MR) is 67.2 cm³/mol. The van der Waals surface area contributed by atoms with E-state index in [1.165, 1.54) is 19.2 Å². The summed E-state index contributed by atoms with van der Waals surface area (Å²) in [6, 6.07) is 2.69. The lowest BCUT2D eigenvalue weighted by molar-refractivity contribution is 0.139. The van der Waals surface area contributed by atoms with Gasteiger partial charge in [0.25, 0.3) is 0 Å². The quantitative estimate of drug-likeness (QED) is 0.805. The third-order valence-electron chi connectivity index (χ3n) is 2.11. The van der Waals surface area contributed by atoms with Crippen molar-refractivity contribution in [1.29, 1.82) is 0 Å². The van der Waals surface area contributed by atoms with Crippen LogP contribution >= 0.6 is 15.9 Å². The van der Waals surface area contributed by atoms with E-state index < -0.39 is 28.5 Å². The number of hydrogen-bond donors (Lipinski definition) is 2. The highest BCUT2D eigenvalue weighted by Gasteiger charge is 2.20. The van der Waals surface area contributed by atoms with Gasteiger partial charge in [-0.2, -0.15) is 0 Å². The van der Waals surface area contributed by atoms with Crippen LogP contribution in [0.3, 0.4) is 0 Å². The fourth-order valence-corrected chi connectivity index (χ4v) is 2.73. The van der Waals surface area contributed by atoms with Crippen LogP contribution in [-0.4, -0.2) is 39.9 Å². The lowest BCUT2D eigenvalue weighted by atomic mass is 10.3. The van der Waals surface area contributed by atoms with Crippen LogP contribution in [0.4, 0.5) is 4.39 Å². The Bertz CT molecular complexity index is 509. The van der Waals surface area contributed by atoms with Crippen molar-refractivity contribution >= 4 is 26.0 Å². The largest absolute Gasteiger partial charge is 0.395 e. The third-order valence-corrected chi connectivity index (χ3v) is 4.27. The van der Waals surface area contributed by atoms with Crippen LogP contribution in [0.5, 0.6) is 0 Å². The van der Waals surface area contributed by atoms with Gasteiger partial charge in [-0.3, -0.25) is 0 Å². The van der Waals surface area contributed by atoms with Crippen LogP contribution < -0.4 is 4.72 Å². The Balaban J connectivity index is 2.95. The summed E-state index contributed by atoms with van der Waals surface area (Å²) in [6.07, 6.45) is 0. The number of aliphatic hydroxyl groups excluding tert-OH is 1. The zero-order chi connectivity index (χ0) is 13.8. The van der Waals surface area contributed by atoms with E-state index in [1.807, 2.05) is 0 Å². The van der Waals surface area contributed by atoms with Crippen molar-refractivity contribution in [2.45, 2.75) is 10.9 Å². The molecule has 18 heavy (non-hydrogen) atoms. The minimum atomic E-state index is -3.88. The molecule has 0 heterocycles. The van der Waals surface area contributed by atoms with Crippen molar-refractivity contribution in [1.82, 2.24) is 4.72 Å². The molecule has 0 aliphatic rings. The van der Waals surface area contributed by atoms with Gasteiger partial charge >= 0.3 is 0 Å². The molecule has 0 aliphatic carbocycles. The summed E-state index contributed by atoms with van der Waals surface area (Å²) in [4.78, 5) is -0.210. The van der Waals surface area contributed by atoms with Crippen LogP contribution in [0.25, 0.3) is 0 Å². The summed E-state index contributed by atoms with van der Waals surface area (Å²) >= 11 is 2.94. The molecule has 0 aromatic heterocycles. The second-order valence-corrected chi connectivity index (χ2v) is 6.10. The number of aliphatic hydroxyl groups is 1. The highest BCUT2D eigenvalue weighted by molar-refractivity contribution is 9.10. The molecular formula is C10H13BrFNO4S. The van der Waals surface area contributed by atoms with Crippen LogP contribution in [-0.2, 0) is 14.8 Å². The van der Waals surface area contributed by atoms with Gasteiger partial charge in [-0.1, -0.05) is 0 Å². The molecule has 0 spiro atoms. The maximum Gasteiger partial charge on any atom is 0.241 e. The van der Waals surface area contributed by atoms with Crippen molar-refractivity contribution < 1.29 is 22.7 Å². The van der Waals surface area contributed by atoms with Gasteiger partial charge in [0, 0.05) is 7.11 Å². The minimum absolute atomic E-state index is 0.0226. The van der Waals surface area contributed by atoms with E-state index in [0.29, 0.717) is 0 Å². The Morgan fingerprint density at radius 3 is 2.72 bits per heavy atom. The average molecular weight is 342 g/mol. The summed E-state index contributed by atoms with van der Waals surface area (Å²) in [5.41, 5.74) is 0. The summed E-state index contributed by atoms with van der Waals surface area (Å²) < 4.78 is 44.2. The van der Waals surface area contributed by atoms with Gasteiger partial charge in [-0.05, 0) is 34.1 Å². The molecular weight excluding hydrogens is 329 g/mol. The Kier molecular flexibility index (Phi) is 5.67. The number of benzene rings is 1. The lowest BCUT2D eigenvalue weighted by Gasteiger charge is -2.15. The molecule has 1 aromatic carbocycles. The zero-order valence-corrected chi connectivity index (χ0v) is 12.0. The van der Waals surface area contributed by atoms with Crippen molar-refractivity contribution in [3.63, 3.8) is 0 Å². The van der Waals surface area contributed by atoms with E-state index in [2.05, 4.69) is 20.7 Å². The van der Waals surface area contributed by atoms with E-state index in [0.717, 1.165) is 6.07 Å². The highest BCUT2D eigenvalue weighted by atomic mass is 79.9. The predicted octanol–water partition coefficient (Wildman–Crippen LogP) is 0.874. The van der Waals surface area contributed by atoms with Crippen LogP contribution in [0.15, 0.2) is 27.6 Å². The maximum absolute atomic E-state index is 13.3. The molecule has 0 bridgehead atoms. The first kappa shape index (κ1) is 15.5. The van der Waals surface area contributed by atoms with Gasteiger partial charge in [0.2, 0.25) is 10.0 Å².